The maximum absolute atomic E-state index is 5.92. The summed E-state index contributed by atoms with van der Waals surface area (Å²) >= 11 is 0. The van der Waals surface area contributed by atoms with Gasteiger partial charge in [0, 0.05) is 22.9 Å². The molecule has 2 nitrogen and oxygen atoms in total. The van der Waals surface area contributed by atoms with Crippen LogP contribution >= 0.6 is 0 Å². The molecule has 1 aliphatic rings. The van der Waals surface area contributed by atoms with Crippen molar-refractivity contribution in [2.24, 2.45) is 0 Å². The number of para-hydroxylation sites is 1. The van der Waals surface area contributed by atoms with Crippen LogP contribution in [-0.4, -0.2) is 0 Å². The normalized spacial score (nSPS) is 14.6. The Labute approximate surface area is 105 Å². The minimum absolute atomic E-state index is 0.929. The van der Waals surface area contributed by atoms with Gasteiger partial charge in [-0.3, -0.25) is 0 Å². The van der Waals surface area contributed by atoms with Crippen molar-refractivity contribution in [3.63, 3.8) is 0 Å². The van der Waals surface area contributed by atoms with Gasteiger partial charge >= 0.3 is 0 Å². The maximum atomic E-state index is 5.92. The van der Waals surface area contributed by atoms with Gasteiger partial charge in [0.2, 0.25) is 0 Å². The third-order valence-corrected chi connectivity index (χ3v) is 3.45. The third kappa shape index (κ3) is 1.35. The summed E-state index contributed by atoms with van der Waals surface area (Å²) in [5, 5.41) is 1.14. The number of fused-ring (bicyclic) bond motifs is 2. The lowest BCUT2D eigenvalue weighted by Gasteiger charge is -2.10. The third-order valence-electron chi connectivity index (χ3n) is 3.45. The molecule has 2 heteroatoms. The van der Waals surface area contributed by atoms with E-state index in [1.165, 1.54) is 5.56 Å². The highest BCUT2D eigenvalue weighted by Crippen LogP contribution is 2.34. The highest BCUT2D eigenvalue weighted by molar-refractivity contribution is 5.87. The summed E-state index contributed by atoms with van der Waals surface area (Å²) in [6, 6.07) is 12.2. The molecule has 0 saturated carbocycles. The van der Waals surface area contributed by atoms with Crippen LogP contribution in [0.4, 0.5) is 0 Å². The molecule has 0 aliphatic heterocycles. The smallest absolute Gasteiger partial charge is 0.135 e. The summed E-state index contributed by atoms with van der Waals surface area (Å²) in [6.07, 6.45) is 5.97. The summed E-state index contributed by atoms with van der Waals surface area (Å²) in [5.41, 5.74) is 3.26. The van der Waals surface area contributed by atoms with Crippen LogP contribution in [-0.2, 0) is 6.42 Å². The number of hydrogen-bond acceptors (Lipinski definition) is 2. The first kappa shape index (κ1) is 9.77. The molecule has 0 fully saturated rings. The molecule has 0 spiro atoms. The van der Waals surface area contributed by atoms with E-state index in [0.717, 1.165) is 40.9 Å². The molecule has 0 radical (unpaired) electrons. The van der Waals surface area contributed by atoms with E-state index in [2.05, 4.69) is 18.2 Å². The Morgan fingerprint density at radius 1 is 1.06 bits per heavy atom. The molecular formula is C16H12O2. The molecule has 2 aromatic heterocycles. The van der Waals surface area contributed by atoms with Crippen LogP contribution in [0.1, 0.15) is 23.5 Å². The number of benzene rings is 1. The van der Waals surface area contributed by atoms with Gasteiger partial charge in [-0.15, -0.1) is 0 Å². The zero-order valence-corrected chi connectivity index (χ0v) is 9.85. The second kappa shape index (κ2) is 3.64. The molecule has 1 aliphatic carbocycles. The number of furan rings is 2. The molecule has 18 heavy (non-hydrogen) atoms. The molecule has 0 amide bonds. The predicted octanol–water partition coefficient (Wildman–Crippen LogP) is 4.40. The van der Waals surface area contributed by atoms with Gasteiger partial charge in [0.25, 0.3) is 0 Å². The van der Waals surface area contributed by atoms with Gasteiger partial charge < -0.3 is 8.83 Å². The lowest BCUT2D eigenvalue weighted by atomic mass is 9.95. The van der Waals surface area contributed by atoms with Gasteiger partial charge in [-0.1, -0.05) is 24.3 Å². The van der Waals surface area contributed by atoms with Gasteiger partial charge in [0.05, 0.1) is 6.26 Å². The van der Waals surface area contributed by atoms with E-state index in [-0.39, 0.29) is 0 Å². The molecule has 0 unspecified atom stereocenters. The lowest BCUT2D eigenvalue weighted by molar-refractivity contribution is 0.506. The average Bonchev–Trinajstić information content (AvgIpc) is 3.04. The van der Waals surface area contributed by atoms with E-state index in [1.807, 2.05) is 24.3 Å². The molecule has 0 N–H and O–H groups in total. The summed E-state index contributed by atoms with van der Waals surface area (Å²) in [5.74, 6) is 1.99. The van der Waals surface area contributed by atoms with Crippen molar-refractivity contribution >= 4 is 16.5 Å². The lowest BCUT2D eigenvalue weighted by Crippen LogP contribution is -1.96. The van der Waals surface area contributed by atoms with Crippen LogP contribution < -0.4 is 0 Å². The number of rotatable bonds is 1. The summed E-state index contributed by atoms with van der Waals surface area (Å²) in [4.78, 5) is 0. The number of hydrogen-bond donors (Lipinski definition) is 0. The maximum Gasteiger partial charge on any atom is 0.135 e. The molecule has 0 saturated heterocycles. The van der Waals surface area contributed by atoms with E-state index in [9.17, 15) is 0 Å². The number of aryl methyl sites for hydroxylation is 1. The van der Waals surface area contributed by atoms with Crippen molar-refractivity contribution in [2.45, 2.75) is 12.8 Å². The van der Waals surface area contributed by atoms with Gasteiger partial charge in [-0.25, -0.2) is 0 Å². The van der Waals surface area contributed by atoms with Crippen LogP contribution in [0.5, 0.6) is 0 Å². The van der Waals surface area contributed by atoms with Crippen LogP contribution in [0.2, 0.25) is 0 Å². The summed E-state index contributed by atoms with van der Waals surface area (Å²) in [7, 11) is 0. The van der Waals surface area contributed by atoms with Crippen molar-refractivity contribution in [1.29, 1.82) is 0 Å². The Morgan fingerprint density at radius 2 is 2.00 bits per heavy atom. The zero-order chi connectivity index (χ0) is 11.9. The van der Waals surface area contributed by atoms with E-state index in [0.29, 0.717) is 0 Å². The highest BCUT2D eigenvalue weighted by Gasteiger charge is 2.19. The minimum Gasteiger partial charge on any atom is -0.469 e. The van der Waals surface area contributed by atoms with Gasteiger partial charge in [0.15, 0.2) is 0 Å². The SMILES string of the molecule is C1=C(c2cc3ccccc3o2)c2ccoc2CC1. The largest absolute Gasteiger partial charge is 0.469 e. The first-order valence-corrected chi connectivity index (χ1v) is 6.18. The van der Waals surface area contributed by atoms with E-state index in [1.54, 1.807) is 6.26 Å². The van der Waals surface area contributed by atoms with Gasteiger partial charge in [0.1, 0.15) is 17.1 Å². The monoisotopic (exact) mass is 236 g/mol. The topological polar surface area (TPSA) is 26.3 Å². The van der Waals surface area contributed by atoms with E-state index >= 15 is 0 Å². The molecular weight excluding hydrogens is 224 g/mol. The van der Waals surface area contributed by atoms with Crippen molar-refractivity contribution in [1.82, 2.24) is 0 Å². The van der Waals surface area contributed by atoms with Crippen LogP contribution in [0.25, 0.3) is 16.5 Å². The van der Waals surface area contributed by atoms with Crippen molar-refractivity contribution in [3.05, 3.63) is 65.8 Å². The Bertz CT molecular complexity index is 710. The number of allylic oxidation sites excluding steroid dienone is 1. The summed E-state index contributed by atoms with van der Waals surface area (Å²) in [6.45, 7) is 0. The molecule has 1 aromatic carbocycles. The minimum atomic E-state index is 0.929. The Hall–Kier alpha value is -2.22. The molecule has 4 rings (SSSR count). The van der Waals surface area contributed by atoms with Crippen molar-refractivity contribution in [3.8, 4) is 0 Å². The van der Waals surface area contributed by atoms with Gasteiger partial charge in [-0.05, 0) is 24.6 Å². The fourth-order valence-corrected chi connectivity index (χ4v) is 2.58. The second-order valence-corrected chi connectivity index (χ2v) is 4.56. The first-order chi connectivity index (χ1) is 8.92. The fourth-order valence-electron chi connectivity index (χ4n) is 2.58. The Morgan fingerprint density at radius 3 is 2.94 bits per heavy atom. The van der Waals surface area contributed by atoms with Gasteiger partial charge in [-0.2, -0.15) is 0 Å². The quantitative estimate of drug-likeness (QED) is 0.625. The van der Waals surface area contributed by atoms with Crippen LogP contribution in [0.3, 0.4) is 0 Å². The summed E-state index contributed by atoms with van der Waals surface area (Å²) < 4.78 is 11.4. The molecule has 3 aromatic rings. The fraction of sp³-hybridized carbons (Fsp3) is 0.125. The second-order valence-electron chi connectivity index (χ2n) is 4.56. The average molecular weight is 236 g/mol. The van der Waals surface area contributed by atoms with E-state index < -0.39 is 0 Å². The van der Waals surface area contributed by atoms with Crippen molar-refractivity contribution < 1.29 is 8.83 Å². The van der Waals surface area contributed by atoms with Crippen LogP contribution in [0, 0.1) is 0 Å². The molecule has 0 bridgehead atoms. The van der Waals surface area contributed by atoms with E-state index in [4.69, 9.17) is 8.83 Å². The Balaban J connectivity index is 1.90. The standard InChI is InChI=1S/C16H12O2/c1-2-6-14-11(4-1)10-16(18-14)12-5-3-7-15-13(12)8-9-17-15/h1-2,4-6,8-10H,3,7H2. The molecule has 88 valence electrons. The molecule has 0 atom stereocenters. The Kier molecular flexibility index (Phi) is 1.97. The highest BCUT2D eigenvalue weighted by atomic mass is 16.3. The first-order valence-electron chi connectivity index (χ1n) is 6.18. The van der Waals surface area contributed by atoms with Crippen LogP contribution in [0.15, 0.2) is 57.6 Å². The predicted molar refractivity (Wildman–Crippen MR) is 70.3 cm³/mol. The zero-order valence-electron chi connectivity index (χ0n) is 9.85. The van der Waals surface area contributed by atoms with Crippen molar-refractivity contribution in [2.75, 3.05) is 0 Å². The molecule has 2 heterocycles.